The number of aliphatic hydroxyl groups is 1. The summed E-state index contributed by atoms with van der Waals surface area (Å²) in [5, 5.41) is 29.2. The Morgan fingerprint density at radius 3 is 2.54 bits per heavy atom. The van der Waals surface area contributed by atoms with Crippen LogP contribution in [-0.2, 0) is 19.4 Å². The number of nitro groups is 1. The van der Waals surface area contributed by atoms with E-state index in [2.05, 4.69) is 15.5 Å². The van der Waals surface area contributed by atoms with Crippen LogP contribution in [0.5, 0.6) is 0 Å². The molecule has 0 aliphatic carbocycles. The van der Waals surface area contributed by atoms with Gasteiger partial charge in [-0.2, -0.15) is 5.10 Å². The van der Waals surface area contributed by atoms with Crippen molar-refractivity contribution in [3.63, 3.8) is 0 Å². The Morgan fingerprint density at radius 2 is 1.96 bits per heavy atom. The largest absolute Gasteiger partial charge is 0.392 e. The van der Waals surface area contributed by atoms with Crippen LogP contribution in [0.25, 0.3) is 0 Å². The first-order valence-electron chi connectivity index (χ1n) is 7.75. The lowest BCUT2D eigenvalue weighted by atomic mass is 10.1. The summed E-state index contributed by atoms with van der Waals surface area (Å²) in [5.74, 6) is -0.563. The first-order valence-corrected chi connectivity index (χ1v) is 7.75. The molecule has 24 heavy (non-hydrogen) atoms. The third kappa shape index (κ3) is 4.17. The Morgan fingerprint density at radius 1 is 1.29 bits per heavy atom. The van der Waals surface area contributed by atoms with Gasteiger partial charge in [0.05, 0.1) is 11.5 Å². The number of carbonyl (C=O) groups is 1. The van der Waals surface area contributed by atoms with E-state index in [-0.39, 0.29) is 18.0 Å². The van der Waals surface area contributed by atoms with Gasteiger partial charge in [-0.3, -0.25) is 20.0 Å². The Labute approximate surface area is 139 Å². The summed E-state index contributed by atoms with van der Waals surface area (Å²) in [5.41, 5.74) is 1.75. The number of rotatable bonds is 8. The van der Waals surface area contributed by atoms with Crippen molar-refractivity contribution in [2.45, 2.75) is 32.8 Å². The van der Waals surface area contributed by atoms with E-state index in [0.717, 1.165) is 11.1 Å². The van der Waals surface area contributed by atoms with Gasteiger partial charge < -0.3 is 10.4 Å². The van der Waals surface area contributed by atoms with Gasteiger partial charge in [0.1, 0.15) is 5.69 Å². The number of aliphatic hydroxyl groups excluding tert-OH is 1. The number of H-pyrrole nitrogens is 1. The highest BCUT2D eigenvalue weighted by Crippen LogP contribution is 2.22. The van der Waals surface area contributed by atoms with Crippen LogP contribution in [0.2, 0.25) is 0 Å². The van der Waals surface area contributed by atoms with Gasteiger partial charge in [-0.25, -0.2) is 0 Å². The molecule has 0 fully saturated rings. The number of aromatic amines is 1. The minimum atomic E-state index is -0.572. The second-order valence-electron chi connectivity index (χ2n) is 5.39. The predicted octanol–water partition coefficient (Wildman–Crippen LogP) is 1.74. The number of aryl methyl sites for hydroxylation is 1. The highest BCUT2D eigenvalue weighted by molar-refractivity contribution is 5.96. The summed E-state index contributed by atoms with van der Waals surface area (Å²) in [6.07, 6.45) is 1.76. The monoisotopic (exact) mass is 332 g/mol. The Kier molecular flexibility index (Phi) is 6.02. The number of nitrogens with one attached hydrogen (secondary N) is 2. The van der Waals surface area contributed by atoms with Crippen LogP contribution >= 0.6 is 0 Å². The van der Waals surface area contributed by atoms with Crippen molar-refractivity contribution in [1.29, 1.82) is 0 Å². The maximum absolute atomic E-state index is 12.1. The molecule has 0 spiro atoms. The second-order valence-corrected chi connectivity index (χ2v) is 5.39. The van der Waals surface area contributed by atoms with Crippen molar-refractivity contribution < 1.29 is 14.8 Å². The zero-order valence-electron chi connectivity index (χ0n) is 13.4. The van der Waals surface area contributed by atoms with Crippen molar-refractivity contribution in [2.75, 3.05) is 6.54 Å². The topological polar surface area (TPSA) is 121 Å². The molecule has 8 nitrogen and oxygen atoms in total. The molecule has 2 aromatic rings. The molecule has 0 bridgehead atoms. The molecule has 0 radical (unpaired) electrons. The Bertz CT molecular complexity index is 709. The maximum Gasteiger partial charge on any atom is 0.322 e. The molecule has 0 saturated carbocycles. The summed E-state index contributed by atoms with van der Waals surface area (Å²) in [7, 11) is 0. The van der Waals surface area contributed by atoms with Gasteiger partial charge in [0, 0.05) is 6.54 Å². The number of benzene rings is 1. The van der Waals surface area contributed by atoms with Gasteiger partial charge in [0.25, 0.3) is 5.91 Å². The molecule has 0 aliphatic rings. The van der Waals surface area contributed by atoms with E-state index in [9.17, 15) is 14.9 Å². The van der Waals surface area contributed by atoms with E-state index in [1.165, 1.54) is 0 Å². The van der Waals surface area contributed by atoms with Crippen molar-refractivity contribution in [3.05, 3.63) is 56.9 Å². The van der Waals surface area contributed by atoms with Crippen LogP contribution in [0.1, 0.15) is 40.7 Å². The lowest BCUT2D eigenvalue weighted by Crippen LogP contribution is -2.26. The summed E-state index contributed by atoms with van der Waals surface area (Å²) in [4.78, 5) is 22.8. The molecule has 0 saturated heterocycles. The van der Waals surface area contributed by atoms with Gasteiger partial charge >= 0.3 is 5.69 Å². The first kappa shape index (κ1) is 17.6. The number of carbonyl (C=O) groups excluding carboxylic acids is 1. The molecule has 0 aliphatic heterocycles. The number of nitrogens with zero attached hydrogens (tertiary/aromatic N) is 2. The summed E-state index contributed by atoms with van der Waals surface area (Å²) < 4.78 is 0. The van der Waals surface area contributed by atoms with E-state index in [1.54, 1.807) is 0 Å². The zero-order valence-corrected chi connectivity index (χ0v) is 13.4. The molecule has 0 atom stereocenters. The number of aromatic nitrogens is 2. The highest BCUT2D eigenvalue weighted by atomic mass is 16.6. The lowest BCUT2D eigenvalue weighted by Gasteiger charge is -2.04. The molecule has 128 valence electrons. The fourth-order valence-electron chi connectivity index (χ4n) is 2.37. The molecule has 3 N–H and O–H groups in total. The first-order chi connectivity index (χ1) is 11.6. The second kappa shape index (κ2) is 8.21. The normalized spacial score (nSPS) is 10.6. The Hall–Kier alpha value is -2.74. The fourth-order valence-corrected chi connectivity index (χ4v) is 2.37. The van der Waals surface area contributed by atoms with Gasteiger partial charge in [-0.15, -0.1) is 0 Å². The molecule has 1 amide bonds. The van der Waals surface area contributed by atoms with Crippen molar-refractivity contribution in [1.82, 2.24) is 15.5 Å². The SMILES string of the molecule is CCCc1[nH]nc(C(=O)NCCc2ccc(CO)cc2)c1[N+](=O)[O-]. The average molecular weight is 332 g/mol. The van der Waals surface area contributed by atoms with Gasteiger partial charge in [0.2, 0.25) is 5.69 Å². The molecular formula is C16H20N4O4. The van der Waals surface area contributed by atoms with E-state index in [1.807, 2.05) is 31.2 Å². The lowest BCUT2D eigenvalue weighted by molar-refractivity contribution is -0.385. The van der Waals surface area contributed by atoms with E-state index in [0.29, 0.717) is 31.5 Å². The maximum atomic E-state index is 12.1. The van der Waals surface area contributed by atoms with Gasteiger partial charge in [-0.05, 0) is 24.0 Å². The van der Waals surface area contributed by atoms with Crippen LogP contribution in [-0.4, -0.2) is 32.7 Å². The third-order valence-corrected chi connectivity index (χ3v) is 3.62. The minimum absolute atomic E-state index is 0.0140. The van der Waals surface area contributed by atoms with Crippen LogP contribution < -0.4 is 5.32 Å². The molecule has 1 aromatic heterocycles. The van der Waals surface area contributed by atoms with Crippen LogP contribution in [0.4, 0.5) is 5.69 Å². The molecule has 2 rings (SSSR count). The average Bonchev–Trinajstić information content (AvgIpc) is 3.00. The molecule has 1 heterocycles. The van der Waals surface area contributed by atoms with Crippen molar-refractivity contribution in [3.8, 4) is 0 Å². The molecular weight excluding hydrogens is 312 g/mol. The van der Waals surface area contributed by atoms with Crippen LogP contribution in [0.3, 0.4) is 0 Å². The fraction of sp³-hybridized carbons (Fsp3) is 0.375. The van der Waals surface area contributed by atoms with Crippen molar-refractivity contribution in [2.24, 2.45) is 0 Å². The standard InChI is InChI=1S/C16H20N4O4/c1-2-3-13-15(20(23)24)14(19-18-13)16(22)17-9-8-11-4-6-12(10-21)7-5-11/h4-7,21H,2-3,8-10H2,1H3,(H,17,22)(H,18,19). The van der Waals surface area contributed by atoms with Gasteiger partial charge in [-0.1, -0.05) is 37.6 Å². The summed E-state index contributed by atoms with van der Waals surface area (Å²) in [6, 6.07) is 7.36. The smallest absolute Gasteiger partial charge is 0.322 e. The molecule has 1 aromatic carbocycles. The van der Waals surface area contributed by atoms with Crippen molar-refractivity contribution >= 4 is 11.6 Å². The zero-order chi connectivity index (χ0) is 17.5. The van der Waals surface area contributed by atoms with Gasteiger partial charge in [0.15, 0.2) is 0 Å². The summed E-state index contributed by atoms with van der Waals surface area (Å²) in [6.45, 7) is 2.22. The van der Waals surface area contributed by atoms with Crippen LogP contribution in [0, 0.1) is 10.1 Å². The highest BCUT2D eigenvalue weighted by Gasteiger charge is 2.28. The quantitative estimate of drug-likeness (QED) is 0.502. The number of amides is 1. The Balaban J connectivity index is 1.98. The minimum Gasteiger partial charge on any atom is -0.392 e. The summed E-state index contributed by atoms with van der Waals surface area (Å²) >= 11 is 0. The third-order valence-electron chi connectivity index (χ3n) is 3.62. The van der Waals surface area contributed by atoms with E-state index < -0.39 is 10.8 Å². The molecule has 0 unspecified atom stereocenters. The number of hydrogen-bond donors (Lipinski definition) is 3. The van der Waals surface area contributed by atoms with E-state index in [4.69, 9.17) is 5.11 Å². The molecule has 8 heteroatoms. The number of hydrogen-bond acceptors (Lipinski definition) is 5. The van der Waals surface area contributed by atoms with E-state index >= 15 is 0 Å². The predicted molar refractivity (Wildman–Crippen MR) is 87.6 cm³/mol. The van der Waals surface area contributed by atoms with Crippen LogP contribution in [0.15, 0.2) is 24.3 Å².